The summed E-state index contributed by atoms with van der Waals surface area (Å²) < 4.78 is 5.73. The Morgan fingerprint density at radius 2 is 2.14 bits per heavy atom. The quantitative estimate of drug-likeness (QED) is 0.732. The van der Waals surface area contributed by atoms with Crippen molar-refractivity contribution in [1.29, 1.82) is 0 Å². The number of aromatic nitrogens is 1. The zero-order valence-corrected chi connectivity index (χ0v) is 9.08. The predicted molar refractivity (Wildman–Crippen MR) is 56.7 cm³/mol. The topological polar surface area (TPSA) is 22.1 Å². The van der Waals surface area contributed by atoms with Gasteiger partial charge in [-0.1, -0.05) is 13.8 Å². The van der Waals surface area contributed by atoms with E-state index in [1.165, 1.54) is 18.4 Å². The van der Waals surface area contributed by atoms with Crippen LogP contribution in [0.3, 0.4) is 0 Å². The van der Waals surface area contributed by atoms with Crippen LogP contribution in [0, 0.1) is 6.92 Å². The number of hydrogen-bond acceptors (Lipinski definition) is 2. The smallest absolute Gasteiger partial charge is 0.140 e. The molecular weight excluding hydrogens is 174 g/mol. The van der Waals surface area contributed by atoms with Gasteiger partial charge in [-0.3, -0.25) is 4.98 Å². The number of ether oxygens (including phenoxy) is 1. The van der Waals surface area contributed by atoms with Crippen molar-refractivity contribution in [2.24, 2.45) is 0 Å². The van der Waals surface area contributed by atoms with Gasteiger partial charge in [0.15, 0.2) is 0 Å². The third-order valence-corrected chi connectivity index (χ3v) is 2.49. The van der Waals surface area contributed by atoms with Crippen molar-refractivity contribution in [1.82, 2.24) is 4.98 Å². The summed E-state index contributed by atoms with van der Waals surface area (Å²) in [5.74, 6) is 1.44. The Balaban J connectivity index is 2.17. The van der Waals surface area contributed by atoms with Gasteiger partial charge in [-0.2, -0.15) is 0 Å². The second kappa shape index (κ2) is 3.60. The van der Waals surface area contributed by atoms with Gasteiger partial charge >= 0.3 is 0 Å². The summed E-state index contributed by atoms with van der Waals surface area (Å²) in [5.41, 5.74) is 2.35. The normalized spacial score (nSPS) is 16.0. The lowest BCUT2D eigenvalue weighted by Crippen LogP contribution is -2.00. The van der Waals surface area contributed by atoms with Crippen LogP contribution in [0.1, 0.15) is 43.9 Å². The average Bonchev–Trinajstić information content (AvgIpc) is 2.92. The molecule has 0 saturated heterocycles. The van der Waals surface area contributed by atoms with E-state index >= 15 is 0 Å². The van der Waals surface area contributed by atoms with Crippen molar-refractivity contribution in [3.63, 3.8) is 0 Å². The minimum atomic E-state index is 0.459. The van der Waals surface area contributed by atoms with Crippen LogP contribution in [0.5, 0.6) is 5.75 Å². The molecule has 2 heteroatoms. The van der Waals surface area contributed by atoms with Gasteiger partial charge in [-0.25, -0.2) is 0 Å². The minimum Gasteiger partial charge on any atom is -0.489 e. The molecule has 0 bridgehead atoms. The molecule has 0 radical (unpaired) electrons. The molecule has 2 nitrogen and oxygen atoms in total. The summed E-state index contributed by atoms with van der Waals surface area (Å²) >= 11 is 0. The van der Waals surface area contributed by atoms with Crippen molar-refractivity contribution >= 4 is 0 Å². The SMILES string of the molecule is Cc1cc(C(C)C)ncc1OC1CC1. The Kier molecular flexibility index (Phi) is 2.44. The van der Waals surface area contributed by atoms with E-state index in [-0.39, 0.29) is 0 Å². The summed E-state index contributed by atoms with van der Waals surface area (Å²) in [4.78, 5) is 4.39. The first kappa shape index (κ1) is 9.50. The molecule has 0 atom stereocenters. The van der Waals surface area contributed by atoms with Gasteiger partial charge in [0.2, 0.25) is 0 Å². The molecular formula is C12H17NO. The third kappa shape index (κ3) is 2.06. The van der Waals surface area contributed by atoms with E-state index in [4.69, 9.17) is 4.74 Å². The Labute approximate surface area is 85.3 Å². The largest absolute Gasteiger partial charge is 0.489 e. The summed E-state index contributed by atoms with van der Waals surface area (Å²) in [7, 11) is 0. The summed E-state index contributed by atoms with van der Waals surface area (Å²) in [6.07, 6.45) is 4.72. The molecule has 0 spiro atoms. The van der Waals surface area contributed by atoms with Crippen molar-refractivity contribution in [3.8, 4) is 5.75 Å². The average molecular weight is 191 g/mol. The summed E-state index contributed by atoms with van der Waals surface area (Å²) in [6.45, 7) is 6.40. The first-order valence-electron chi connectivity index (χ1n) is 5.30. The van der Waals surface area contributed by atoms with Crippen LogP contribution in [-0.4, -0.2) is 11.1 Å². The fourth-order valence-corrected chi connectivity index (χ4v) is 1.37. The van der Waals surface area contributed by atoms with Crippen molar-refractivity contribution < 1.29 is 4.74 Å². The third-order valence-electron chi connectivity index (χ3n) is 2.49. The highest BCUT2D eigenvalue weighted by Gasteiger charge is 2.24. The second-order valence-electron chi connectivity index (χ2n) is 4.35. The maximum atomic E-state index is 5.73. The maximum absolute atomic E-state index is 5.73. The van der Waals surface area contributed by atoms with E-state index in [9.17, 15) is 0 Å². The Hall–Kier alpha value is -1.05. The molecule has 1 fully saturated rings. The molecule has 1 aromatic heterocycles. The van der Waals surface area contributed by atoms with Gasteiger partial charge in [0.1, 0.15) is 5.75 Å². The molecule has 1 saturated carbocycles. The molecule has 0 unspecified atom stereocenters. The van der Waals surface area contributed by atoms with Gasteiger partial charge in [0, 0.05) is 5.69 Å². The molecule has 2 rings (SSSR count). The molecule has 1 aromatic rings. The first-order valence-corrected chi connectivity index (χ1v) is 5.30. The van der Waals surface area contributed by atoms with Gasteiger partial charge < -0.3 is 4.74 Å². The highest BCUT2D eigenvalue weighted by molar-refractivity contribution is 5.32. The Morgan fingerprint density at radius 3 is 2.64 bits per heavy atom. The van der Waals surface area contributed by atoms with Crippen molar-refractivity contribution in [2.45, 2.75) is 45.6 Å². The lowest BCUT2D eigenvalue weighted by atomic mass is 10.1. The number of nitrogens with zero attached hydrogens (tertiary/aromatic N) is 1. The molecule has 1 aliphatic rings. The summed E-state index contributed by atoms with van der Waals surface area (Å²) in [6, 6.07) is 2.13. The van der Waals surface area contributed by atoms with E-state index in [2.05, 4.69) is 31.8 Å². The number of rotatable bonds is 3. The number of aryl methyl sites for hydroxylation is 1. The molecule has 0 aromatic carbocycles. The molecule has 0 N–H and O–H groups in total. The number of hydrogen-bond donors (Lipinski definition) is 0. The lowest BCUT2D eigenvalue weighted by molar-refractivity contribution is 0.299. The maximum Gasteiger partial charge on any atom is 0.140 e. The van der Waals surface area contributed by atoms with Gasteiger partial charge in [-0.15, -0.1) is 0 Å². The van der Waals surface area contributed by atoms with E-state index < -0.39 is 0 Å². The predicted octanol–water partition coefficient (Wildman–Crippen LogP) is 3.05. The van der Waals surface area contributed by atoms with Gasteiger partial charge in [-0.05, 0) is 37.3 Å². The molecule has 1 heterocycles. The highest BCUT2D eigenvalue weighted by atomic mass is 16.5. The van der Waals surface area contributed by atoms with E-state index in [0.717, 1.165) is 11.4 Å². The molecule has 0 aliphatic heterocycles. The zero-order chi connectivity index (χ0) is 10.1. The van der Waals surface area contributed by atoms with Crippen molar-refractivity contribution in [3.05, 3.63) is 23.5 Å². The van der Waals surface area contributed by atoms with Crippen LogP contribution in [0.15, 0.2) is 12.3 Å². The Bertz CT molecular complexity index is 329. The minimum absolute atomic E-state index is 0.459. The van der Waals surface area contributed by atoms with Crippen LogP contribution >= 0.6 is 0 Å². The fourth-order valence-electron chi connectivity index (χ4n) is 1.37. The van der Waals surface area contributed by atoms with E-state index in [1.807, 2.05) is 6.20 Å². The number of pyridine rings is 1. The molecule has 76 valence electrons. The Morgan fingerprint density at radius 1 is 1.43 bits per heavy atom. The monoisotopic (exact) mass is 191 g/mol. The van der Waals surface area contributed by atoms with Crippen molar-refractivity contribution in [2.75, 3.05) is 0 Å². The zero-order valence-electron chi connectivity index (χ0n) is 9.08. The van der Waals surface area contributed by atoms with Gasteiger partial charge in [0.05, 0.1) is 12.3 Å². The van der Waals surface area contributed by atoms with Crippen LogP contribution in [0.2, 0.25) is 0 Å². The second-order valence-corrected chi connectivity index (χ2v) is 4.35. The van der Waals surface area contributed by atoms with E-state index in [0.29, 0.717) is 12.0 Å². The first-order chi connectivity index (χ1) is 6.66. The van der Waals surface area contributed by atoms with Crippen LogP contribution in [0.25, 0.3) is 0 Å². The van der Waals surface area contributed by atoms with Gasteiger partial charge in [0.25, 0.3) is 0 Å². The van der Waals surface area contributed by atoms with Crippen LogP contribution < -0.4 is 4.74 Å². The lowest BCUT2D eigenvalue weighted by Gasteiger charge is -2.10. The molecule has 1 aliphatic carbocycles. The van der Waals surface area contributed by atoms with Crippen LogP contribution in [-0.2, 0) is 0 Å². The summed E-state index contributed by atoms with van der Waals surface area (Å²) in [5, 5.41) is 0. The fraction of sp³-hybridized carbons (Fsp3) is 0.583. The molecule has 0 amide bonds. The standard InChI is InChI=1S/C12H17NO/c1-8(2)11-6-9(3)12(7-13-11)14-10-4-5-10/h6-8,10H,4-5H2,1-3H3. The van der Waals surface area contributed by atoms with Crippen LogP contribution in [0.4, 0.5) is 0 Å². The van der Waals surface area contributed by atoms with E-state index in [1.54, 1.807) is 0 Å². The highest BCUT2D eigenvalue weighted by Crippen LogP contribution is 2.29. The molecule has 14 heavy (non-hydrogen) atoms.